The van der Waals surface area contributed by atoms with E-state index in [1.165, 1.54) is 3.57 Å². The number of hydrogen-bond donors (Lipinski definition) is 1. The molecule has 0 heterocycles. The molecule has 0 radical (unpaired) electrons. The molecule has 0 amide bonds. The third kappa shape index (κ3) is 12.5. The predicted octanol–water partition coefficient (Wildman–Crippen LogP) is 1.58. The van der Waals surface area contributed by atoms with Gasteiger partial charge in [-0.1, -0.05) is 60.2 Å². The number of nitrogens with one attached hydrogen (secondary N) is 1. The maximum Gasteiger partial charge on any atom is 0.485 e. The Kier molecular flexibility index (Phi) is 14.6. The maximum absolute atomic E-state index is 12.7. The Labute approximate surface area is 261 Å². The van der Waals surface area contributed by atoms with Crippen LogP contribution in [0.1, 0.15) is 29.0 Å². The van der Waals surface area contributed by atoms with Gasteiger partial charge in [-0.2, -0.15) is 13.2 Å². The first-order valence-electron chi connectivity index (χ1n) is 12.6. The first-order chi connectivity index (χ1) is 20.2. The van der Waals surface area contributed by atoms with Crippen LogP contribution in [0.5, 0.6) is 0 Å². The lowest BCUT2D eigenvalue weighted by Crippen LogP contribution is -3.59. The Morgan fingerprint density at radius 1 is 0.907 bits per heavy atom. The van der Waals surface area contributed by atoms with Gasteiger partial charge in [-0.15, -0.1) is 0 Å². The summed E-state index contributed by atoms with van der Waals surface area (Å²) in [6.07, 6.45) is 0.764. The number of alkyl halides is 3. The second kappa shape index (κ2) is 17.1. The minimum absolute atomic E-state index is 0.0896. The van der Waals surface area contributed by atoms with Crippen molar-refractivity contribution in [2.24, 2.45) is 0 Å². The Morgan fingerprint density at radius 2 is 1.47 bits per heavy atom. The average molecular weight is 754 g/mol. The molecule has 1 N–H and O–H groups in total. The van der Waals surface area contributed by atoms with Crippen molar-refractivity contribution in [2.75, 3.05) is 20.8 Å². The van der Waals surface area contributed by atoms with Gasteiger partial charge in [-0.3, -0.25) is 0 Å². The van der Waals surface area contributed by atoms with Crippen LogP contribution in [-0.2, 0) is 36.0 Å². The summed E-state index contributed by atoms with van der Waals surface area (Å²) in [6, 6.07) is 25.2. The van der Waals surface area contributed by atoms with Crippen molar-refractivity contribution < 1.29 is 65.2 Å². The summed E-state index contributed by atoms with van der Waals surface area (Å²) >= 11 is -0.434. The number of hydrogen-bond acceptors (Lipinski definition) is 7. The van der Waals surface area contributed by atoms with Crippen LogP contribution in [0.25, 0.3) is 0 Å². The quantitative estimate of drug-likeness (QED) is 0.104. The molecule has 14 heteroatoms. The molecule has 3 aromatic carbocycles. The van der Waals surface area contributed by atoms with E-state index in [9.17, 15) is 21.6 Å². The zero-order valence-corrected chi connectivity index (χ0v) is 27.3. The van der Waals surface area contributed by atoms with Crippen LogP contribution in [0.4, 0.5) is 13.2 Å². The topological polar surface area (TPSA) is 122 Å². The largest absolute Gasteiger partial charge is 0.741 e. The minimum atomic E-state index is -6.09. The molecule has 0 aliphatic heterocycles. The molecule has 0 aliphatic carbocycles. The van der Waals surface area contributed by atoms with Gasteiger partial charge in [0, 0.05) is 27.2 Å². The van der Waals surface area contributed by atoms with Crippen LogP contribution < -0.4 is 25.9 Å². The smallest absolute Gasteiger partial charge is 0.485 e. The zero-order chi connectivity index (χ0) is 32.1. The van der Waals surface area contributed by atoms with E-state index in [2.05, 4.69) is 32.8 Å². The number of benzene rings is 3. The summed E-state index contributed by atoms with van der Waals surface area (Å²) in [5, 5.41) is 0. The van der Waals surface area contributed by atoms with E-state index in [-0.39, 0.29) is 17.1 Å². The van der Waals surface area contributed by atoms with Crippen molar-refractivity contribution in [3.05, 3.63) is 99.1 Å². The lowest BCUT2D eigenvalue weighted by Gasteiger charge is -2.20. The van der Waals surface area contributed by atoms with Crippen molar-refractivity contribution >= 4 is 20.1 Å². The lowest BCUT2D eigenvalue weighted by molar-refractivity contribution is -0.535. The highest BCUT2D eigenvalue weighted by Gasteiger charge is 2.37. The number of halogens is 4. The Hall–Kier alpha value is -2.52. The predicted molar refractivity (Wildman–Crippen MR) is 150 cm³/mol. The maximum atomic E-state index is 12.7. The van der Waals surface area contributed by atoms with Gasteiger partial charge in [0.15, 0.2) is 20.3 Å². The summed E-state index contributed by atoms with van der Waals surface area (Å²) < 4.78 is 103. The van der Waals surface area contributed by atoms with Crippen molar-refractivity contribution in [2.45, 2.75) is 42.4 Å². The molecule has 1 atom stereocenters. The fourth-order valence-electron chi connectivity index (χ4n) is 3.59. The summed E-state index contributed by atoms with van der Waals surface area (Å²) in [6.45, 7) is 2.22. The van der Waals surface area contributed by atoms with Gasteiger partial charge in [0.1, 0.15) is 0 Å². The van der Waals surface area contributed by atoms with E-state index >= 15 is 0 Å². The van der Waals surface area contributed by atoms with E-state index in [0.717, 1.165) is 16.7 Å². The Balaban J connectivity index is 0.000000708. The fraction of sp³-hybridized carbons (Fsp3) is 0.310. The van der Waals surface area contributed by atoms with E-state index in [1.807, 2.05) is 43.3 Å². The van der Waals surface area contributed by atoms with Gasteiger partial charge < -0.3 is 14.0 Å². The molecule has 8 nitrogen and oxygen atoms in total. The first kappa shape index (κ1) is 36.7. The molecule has 0 aliphatic rings. The first-order valence-corrected chi connectivity index (χ1v) is 17.6. The highest BCUT2D eigenvalue weighted by molar-refractivity contribution is 7.89. The van der Waals surface area contributed by atoms with Crippen molar-refractivity contribution in [1.29, 1.82) is 0 Å². The van der Waals surface area contributed by atoms with Gasteiger partial charge >= 0.3 is 26.7 Å². The number of sulfonamides is 1. The highest BCUT2D eigenvalue weighted by Crippen LogP contribution is 2.26. The summed E-state index contributed by atoms with van der Waals surface area (Å²) in [7, 11) is -6.40. The number of rotatable bonds is 11. The molecule has 0 spiro atoms. The van der Waals surface area contributed by atoms with E-state index < -0.39 is 46.9 Å². The molecule has 0 saturated carbocycles. The fourth-order valence-corrected chi connectivity index (χ4v) is 6.24. The highest BCUT2D eigenvalue weighted by atomic mass is 127. The Bertz CT molecular complexity index is 1570. The molecule has 3 rings (SSSR count). The lowest BCUT2D eigenvalue weighted by atomic mass is 9.90. The monoisotopic (exact) mass is 753 g/mol. The van der Waals surface area contributed by atoms with Crippen molar-refractivity contribution in [3.8, 4) is 9.85 Å². The summed E-state index contributed by atoms with van der Waals surface area (Å²) in [5.74, 6) is 3.37. The van der Waals surface area contributed by atoms with E-state index in [0.29, 0.717) is 19.4 Å². The summed E-state index contributed by atoms with van der Waals surface area (Å²) in [4.78, 5) is 0.271. The van der Waals surface area contributed by atoms with Crippen LogP contribution in [0.15, 0.2) is 83.8 Å². The minimum Gasteiger partial charge on any atom is -0.741 e. The van der Waals surface area contributed by atoms with E-state index in [4.69, 9.17) is 22.4 Å². The third-order valence-electron chi connectivity index (χ3n) is 5.80. The van der Waals surface area contributed by atoms with Gasteiger partial charge in [0.2, 0.25) is 13.6 Å². The number of methoxy groups -OCH3 is 2. The van der Waals surface area contributed by atoms with Gasteiger partial charge in [0.25, 0.3) is 0 Å². The van der Waals surface area contributed by atoms with Gasteiger partial charge in [-0.25, -0.2) is 21.6 Å². The van der Waals surface area contributed by atoms with E-state index in [1.54, 1.807) is 38.5 Å². The van der Waals surface area contributed by atoms with Crippen LogP contribution >= 0.6 is 0 Å². The normalized spacial score (nSPS) is 12.6. The van der Waals surface area contributed by atoms with Crippen LogP contribution in [0.2, 0.25) is 0 Å². The number of ether oxygens (including phenoxy) is 2. The second-order valence-electron chi connectivity index (χ2n) is 8.88. The molecular formula is C29H31F3INO7S2. The zero-order valence-electron chi connectivity index (χ0n) is 23.5. The molecule has 43 heavy (non-hydrogen) atoms. The molecule has 234 valence electrons. The Morgan fingerprint density at radius 3 is 2.02 bits per heavy atom. The van der Waals surface area contributed by atoms with Crippen LogP contribution in [0.3, 0.4) is 0 Å². The number of aryl methyl sites for hydroxylation is 1. The van der Waals surface area contributed by atoms with Gasteiger partial charge in [-0.05, 0) is 54.7 Å². The molecule has 3 aromatic rings. The molecule has 0 saturated heterocycles. The molecule has 0 aromatic heterocycles. The molecule has 0 bridgehead atoms. The molecule has 1 unspecified atom stereocenters. The SMILES string of the molecule is COC(CC(C#C[I+]c1ccccc1)c1ccccc1CCNS(=O)(=O)c1ccc(C)cc1)OC.O=S(=O)([O-])C(F)(F)F. The standard InChI is InChI=1S/C28H31INO4S.CHF3O3S/c1-22-13-15-26(16-14-22)35(31,32)30-20-18-23-9-7-8-12-27(23)24(21-28(33-2)34-3)17-19-29-25-10-5-4-6-11-25;2-1(3,4)8(5,6)7/h4-16,24,28,30H,18,20-21H2,1-3H3;(H,5,6,7)/q+1;/p-1. The molecular weight excluding hydrogens is 722 g/mol. The second-order valence-corrected chi connectivity index (χ2v) is 14.3. The average Bonchev–Trinajstić information content (AvgIpc) is 2.95. The van der Waals surface area contributed by atoms with Crippen molar-refractivity contribution in [1.82, 2.24) is 4.72 Å². The molecule has 0 fully saturated rings. The summed E-state index contributed by atoms with van der Waals surface area (Å²) in [5.41, 5.74) is -2.49. The third-order valence-corrected chi connectivity index (χ3v) is 9.77. The van der Waals surface area contributed by atoms with Crippen LogP contribution in [0, 0.1) is 20.3 Å². The van der Waals surface area contributed by atoms with Crippen molar-refractivity contribution in [3.63, 3.8) is 0 Å². The van der Waals surface area contributed by atoms with Crippen LogP contribution in [-0.4, -0.2) is 54.0 Å². The van der Waals surface area contributed by atoms with Gasteiger partial charge in [0.05, 0.1) is 10.8 Å².